The highest BCUT2D eigenvalue weighted by molar-refractivity contribution is 7.13. The van der Waals surface area contributed by atoms with Crippen molar-refractivity contribution < 1.29 is 10.0 Å². The highest BCUT2D eigenvalue weighted by Crippen LogP contribution is 2.26. The Bertz CT molecular complexity index is 394. The van der Waals surface area contributed by atoms with E-state index in [2.05, 4.69) is 4.90 Å². The molecule has 1 aliphatic heterocycles. The van der Waals surface area contributed by atoms with Crippen molar-refractivity contribution in [1.82, 2.24) is 4.90 Å². The van der Waals surface area contributed by atoms with Crippen LogP contribution in [-0.2, 0) is 6.54 Å². The van der Waals surface area contributed by atoms with Gasteiger partial charge < -0.3 is 5.11 Å². The van der Waals surface area contributed by atoms with E-state index in [4.69, 9.17) is 0 Å². The second-order valence-electron chi connectivity index (χ2n) is 4.35. The Kier molecular flexibility index (Phi) is 4.09. The molecular weight excluding hydrogens is 240 g/mol. The zero-order valence-corrected chi connectivity index (χ0v) is 10.4. The number of nitro groups is 1. The summed E-state index contributed by atoms with van der Waals surface area (Å²) >= 11 is 1.17. The van der Waals surface area contributed by atoms with Crippen LogP contribution in [0.1, 0.15) is 24.8 Å². The quantitative estimate of drug-likeness (QED) is 0.661. The molecule has 17 heavy (non-hydrogen) atoms. The smallest absolute Gasteiger partial charge is 0.324 e. The minimum absolute atomic E-state index is 0.173. The number of aliphatic hydroxyl groups excluding tert-OH is 1. The number of piperidine rings is 1. The summed E-state index contributed by atoms with van der Waals surface area (Å²) in [6.07, 6.45) is 3.32. The molecule has 1 N–H and O–H groups in total. The minimum atomic E-state index is -0.353. The zero-order valence-electron chi connectivity index (χ0n) is 9.54. The fourth-order valence-corrected chi connectivity index (χ4v) is 2.97. The molecule has 0 aromatic carbocycles. The van der Waals surface area contributed by atoms with Crippen molar-refractivity contribution in [3.63, 3.8) is 0 Å². The third-order valence-electron chi connectivity index (χ3n) is 3.17. The number of likely N-dealkylation sites (tertiary alicyclic amines) is 1. The third-order valence-corrected chi connectivity index (χ3v) is 4.09. The van der Waals surface area contributed by atoms with Crippen LogP contribution in [0.3, 0.4) is 0 Å². The molecule has 6 heteroatoms. The van der Waals surface area contributed by atoms with Gasteiger partial charge in [0.05, 0.1) is 11.5 Å². The molecule has 1 unspecified atom stereocenters. The second kappa shape index (κ2) is 5.57. The van der Waals surface area contributed by atoms with Gasteiger partial charge in [-0.1, -0.05) is 17.8 Å². The molecule has 1 aliphatic rings. The van der Waals surface area contributed by atoms with Crippen LogP contribution >= 0.6 is 11.3 Å². The van der Waals surface area contributed by atoms with Crippen LogP contribution in [-0.4, -0.2) is 34.1 Å². The number of aliphatic hydroxyl groups is 1. The fourth-order valence-electron chi connectivity index (χ4n) is 2.25. The summed E-state index contributed by atoms with van der Waals surface area (Å²) in [5, 5.41) is 21.9. The molecule has 1 saturated heterocycles. The maximum atomic E-state index is 10.6. The lowest BCUT2D eigenvalue weighted by Crippen LogP contribution is -2.41. The summed E-state index contributed by atoms with van der Waals surface area (Å²) in [6.45, 7) is 1.84. The zero-order chi connectivity index (χ0) is 12.3. The monoisotopic (exact) mass is 256 g/mol. The highest BCUT2D eigenvalue weighted by atomic mass is 32.1. The Labute approximate surface area is 104 Å². The Morgan fingerprint density at radius 1 is 1.59 bits per heavy atom. The van der Waals surface area contributed by atoms with Crippen molar-refractivity contribution in [2.24, 2.45) is 0 Å². The van der Waals surface area contributed by atoms with E-state index >= 15 is 0 Å². The van der Waals surface area contributed by atoms with Crippen LogP contribution in [0.5, 0.6) is 0 Å². The molecule has 0 aliphatic carbocycles. The van der Waals surface area contributed by atoms with Crippen molar-refractivity contribution >= 4 is 16.3 Å². The van der Waals surface area contributed by atoms with Gasteiger partial charge in [0.25, 0.3) is 0 Å². The first kappa shape index (κ1) is 12.5. The van der Waals surface area contributed by atoms with E-state index in [1.807, 2.05) is 5.38 Å². The SMILES string of the molecule is O=[N+]([O-])c1cc(CN2CCCCC2CO)cs1. The molecule has 1 fully saturated rings. The van der Waals surface area contributed by atoms with Gasteiger partial charge in [0.1, 0.15) is 0 Å². The van der Waals surface area contributed by atoms with Crippen LogP contribution in [0.25, 0.3) is 0 Å². The van der Waals surface area contributed by atoms with Crippen LogP contribution in [0.4, 0.5) is 5.00 Å². The number of hydrogen-bond donors (Lipinski definition) is 1. The molecule has 0 spiro atoms. The maximum Gasteiger partial charge on any atom is 0.324 e. The maximum absolute atomic E-state index is 10.6. The molecule has 1 aromatic rings. The molecule has 0 saturated carbocycles. The molecule has 2 heterocycles. The van der Waals surface area contributed by atoms with Gasteiger partial charge in [-0.15, -0.1) is 0 Å². The van der Waals surface area contributed by atoms with Gasteiger partial charge in [-0.25, -0.2) is 0 Å². The van der Waals surface area contributed by atoms with Gasteiger partial charge in [-0.3, -0.25) is 15.0 Å². The van der Waals surface area contributed by atoms with Crippen molar-refractivity contribution in [2.75, 3.05) is 13.2 Å². The Morgan fingerprint density at radius 3 is 3.06 bits per heavy atom. The summed E-state index contributed by atoms with van der Waals surface area (Å²) in [4.78, 5) is 12.5. The largest absolute Gasteiger partial charge is 0.395 e. The first-order valence-corrected chi connectivity index (χ1v) is 6.65. The molecule has 0 bridgehead atoms. The summed E-state index contributed by atoms with van der Waals surface area (Å²) in [6, 6.07) is 1.84. The Hall–Kier alpha value is -0.980. The number of nitrogens with zero attached hydrogens (tertiary/aromatic N) is 2. The predicted octanol–water partition coefficient (Wildman–Crippen LogP) is 2.00. The molecule has 5 nitrogen and oxygen atoms in total. The van der Waals surface area contributed by atoms with E-state index in [0.717, 1.165) is 31.4 Å². The summed E-state index contributed by atoms with van der Waals surface area (Å²) in [5.41, 5.74) is 0.974. The third kappa shape index (κ3) is 3.02. The first-order valence-electron chi connectivity index (χ1n) is 5.77. The minimum Gasteiger partial charge on any atom is -0.395 e. The van der Waals surface area contributed by atoms with E-state index in [1.54, 1.807) is 6.07 Å². The standard InChI is InChI=1S/C11H16N2O3S/c14-7-10-3-1-2-4-12(10)6-9-5-11(13(15)16)17-8-9/h5,8,10,14H,1-4,6-7H2. The van der Waals surface area contributed by atoms with E-state index in [0.29, 0.717) is 6.54 Å². The van der Waals surface area contributed by atoms with Gasteiger partial charge in [-0.05, 0) is 24.9 Å². The Morgan fingerprint density at radius 2 is 2.41 bits per heavy atom. The van der Waals surface area contributed by atoms with Gasteiger partial charge in [-0.2, -0.15) is 0 Å². The molecular formula is C11H16N2O3S. The van der Waals surface area contributed by atoms with Gasteiger partial charge in [0, 0.05) is 24.0 Å². The van der Waals surface area contributed by atoms with E-state index < -0.39 is 0 Å². The van der Waals surface area contributed by atoms with Crippen LogP contribution in [0.2, 0.25) is 0 Å². The van der Waals surface area contributed by atoms with Gasteiger partial charge >= 0.3 is 5.00 Å². The molecule has 1 atom stereocenters. The lowest BCUT2D eigenvalue weighted by molar-refractivity contribution is -0.380. The molecule has 0 radical (unpaired) electrons. The molecule has 2 rings (SSSR count). The van der Waals surface area contributed by atoms with Crippen molar-refractivity contribution in [2.45, 2.75) is 31.8 Å². The Balaban J connectivity index is 2.00. The lowest BCUT2D eigenvalue weighted by atomic mass is 10.0. The van der Waals surface area contributed by atoms with Gasteiger partial charge in [0.2, 0.25) is 0 Å². The van der Waals surface area contributed by atoms with Crippen LogP contribution < -0.4 is 0 Å². The number of hydrogen-bond acceptors (Lipinski definition) is 5. The van der Waals surface area contributed by atoms with E-state index in [-0.39, 0.29) is 22.6 Å². The highest BCUT2D eigenvalue weighted by Gasteiger charge is 2.22. The van der Waals surface area contributed by atoms with Crippen LogP contribution in [0, 0.1) is 10.1 Å². The van der Waals surface area contributed by atoms with Crippen molar-refractivity contribution in [3.05, 3.63) is 27.1 Å². The second-order valence-corrected chi connectivity index (χ2v) is 5.24. The summed E-state index contributed by atoms with van der Waals surface area (Å²) in [7, 11) is 0. The number of rotatable bonds is 4. The normalized spacial score (nSPS) is 21.6. The van der Waals surface area contributed by atoms with Gasteiger partial charge in [0.15, 0.2) is 0 Å². The van der Waals surface area contributed by atoms with Crippen LogP contribution in [0.15, 0.2) is 11.4 Å². The molecule has 0 amide bonds. The van der Waals surface area contributed by atoms with Crippen molar-refractivity contribution in [1.29, 1.82) is 0 Å². The fraction of sp³-hybridized carbons (Fsp3) is 0.636. The topological polar surface area (TPSA) is 66.6 Å². The average molecular weight is 256 g/mol. The first-order chi connectivity index (χ1) is 8.20. The van der Waals surface area contributed by atoms with E-state index in [9.17, 15) is 15.2 Å². The summed E-state index contributed by atoms with van der Waals surface area (Å²) < 4.78 is 0. The van der Waals surface area contributed by atoms with Crippen molar-refractivity contribution in [3.8, 4) is 0 Å². The molecule has 1 aromatic heterocycles. The predicted molar refractivity (Wildman–Crippen MR) is 66.1 cm³/mol. The lowest BCUT2D eigenvalue weighted by Gasteiger charge is -2.34. The molecule has 94 valence electrons. The summed E-state index contributed by atoms with van der Waals surface area (Å²) in [5.74, 6) is 0. The van der Waals surface area contributed by atoms with E-state index in [1.165, 1.54) is 11.3 Å². The number of thiophene rings is 1. The average Bonchev–Trinajstić information content (AvgIpc) is 2.78.